The summed E-state index contributed by atoms with van der Waals surface area (Å²) in [7, 11) is 1.58. The molecule has 1 aliphatic heterocycles. The van der Waals surface area contributed by atoms with E-state index in [4.69, 9.17) is 9.15 Å². The van der Waals surface area contributed by atoms with E-state index < -0.39 is 0 Å². The van der Waals surface area contributed by atoms with Crippen LogP contribution in [0.5, 0.6) is 5.88 Å². The monoisotopic (exact) mass is 373 g/mol. The Balaban J connectivity index is 1.57. The molecule has 0 spiro atoms. The van der Waals surface area contributed by atoms with Gasteiger partial charge < -0.3 is 19.4 Å². The summed E-state index contributed by atoms with van der Waals surface area (Å²) in [5, 5.41) is 3.32. The Labute approximate surface area is 159 Å². The van der Waals surface area contributed by atoms with Crippen molar-refractivity contribution in [2.45, 2.75) is 46.1 Å². The summed E-state index contributed by atoms with van der Waals surface area (Å²) in [6.45, 7) is 7.34. The average Bonchev–Trinajstić information content (AvgIpc) is 3.01. The summed E-state index contributed by atoms with van der Waals surface area (Å²) in [5.74, 6) is 2.44. The third-order valence-electron chi connectivity index (χ3n) is 4.57. The van der Waals surface area contributed by atoms with Gasteiger partial charge in [-0.3, -0.25) is 4.79 Å². The highest BCUT2D eigenvalue weighted by molar-refractivity contribution is 5.92. The number of ether oxygens (including phenoxy) is 1. The molecule has 1 aliphatic rings. The third kappa shape index (κ3) is 4.75. The third-order valence-corrected chi connectivity index (χ3v) is 4.57. The highest BCUT2D eigenvalue weighted by Gasteiger charge is 2.28. The van der Waals surface area contributed by atoms with Crippen LogP contribution in [0.15, 0.2) is 16.7 Å². The van der Waals surface area contributed by atoms with E-state index in [-0.39, 0.29) is 11.9 Å². The quantitative estimate of drug-likeness (QED) is 0.832. The lowest BCUT2D eigenvalue weighted by Gasteiger charge is -2.31. The highest BCUT2D eigenvalue weighted by atomic mass is 16.5. The number of carbonyl (C=O) groups is 1. The van der Waals surface area contributed by atoms with Gasteiger partial charge in [-0.05, 0) is 25.7 Å². The summed E-state index contributed by atoms with van der Waals surface area (Å²) >= 11 is 0. The van der Waals surface area contributed by atoms with Crippen LogP contribution in [0.25, 0.3) is 0 Å². The minimum absolute atomic E-state index is 0.0777. The van der Waals surface area contributed by atoms with E-state index in [0.29, 0.717) is 48.2 Å². The van der Waals surface area contributed by atoms with Crippen molar-refractivity contribution in [3.8, 4) is 5.88 Å². The number of rotatable bonds is 6. The SMILES string of the molecule is COc1ccnc(NC2CCN(C(=O)c3oc(CC(C)C)nc3C)CC2)n1. The molecule has 27 heavy (non-hydrogen) atoms. The van der Waals surface area contributed by atoms with Crippen molar-refractivity contribution in [1.82, 2.24) is 19.9 Å². The second-order valence-electron chi connectivity index (χ2n) is 7.25. The van der Waals surface area contributed by atoms with Crippen LogP contribution >= 0.6 is 0 Å². The molecule has 1 N–H and O–H groups in total. The summed E-state index contributed by atoms with van der Waals surface area (Å²) in [5.41, 5.74) is 0.667. The molecule has 1 fully saturated rings. The number of likely N-dealkylation sites (tertiary alicyclic amines) is 1. The maximum absolute atomic E-state index is 12.8. The molecule has 0 unspecified atom stereocenters. The van der Waals surface area contributed by atoms with Crippen LogP contribution in [0.2, 0.25) is 0 Å². The fraction of sp³-hybridized carbons (Fsp3) is 0.579. The number of carbonyl (C=O) groups excluding carboxylic acids is 1. The van der Waals surface area contributed by atoms with Gasteiger partial charge in [0.25, 0.3) is 5.91 Å². The fourth-order valence-corrected chi connectivity index (χ4v) is 3.17. The van der Waals surface area contributed by atoms with E-state index >= 15 is 0 Å². The summed E-state index contributed by atoms with van der Waals surface area (Å²) in [6, 6.07) is 1.92. The number of hydrogen-bond acceptors (Lipinski definition) is 7. The predicted octanol–water partition coefficient (Wildman–Crippen LogP) is 2.70. The number of nitrogens with one attached hydrogen (secondary N) is 1. The zero-order valence-electron chi connectivity index (χ0n) is 16.4. The van der Waals surface area contributed by atoms with E-state index in [1.165, 1.54) is 0 Å². The van der Waals surface area contributed by atoms with Crippen molar-refractivity contribution >= 4 is 11.9 Å². The molecule has 0 atom stereocenters. The standard InChI is InChI=1S/C19H27N5O3/c1-12(2)11-16-21-13(3)17(27-16)18(25)24-9-6-14(7-10-24)22-19-20-8-5-15(23-19)26-4/h5,8,12,14H,6-7,9-11H2,1-4H3,(H,20,22,23). The maximum atomic E-state index is 12.8. The van der Waals surface area contributed by atoms with E-state index in [0.717, 1.165) is 19.3 Å². The van der Waals surface area contributed by atoms with Crippen LogP contribution in [-0.4, -0.2) is 52.0 Å². The molecular weight excluding hydrogens is 346 g/mol. The lowest BCUT2D eigenvalue weighted by Crippen LogP contribution is -2.42. The number of aryl methyl sites for hydroxylation is 1. The molecule has 2 aromatic rings. The Morgan fingerprint density at radius 3 is 2.78 bits per heavy atom. The number of oxazole rings is 1. The van der Waals surface area contributed by atoms with Gasteiger partial charge in [0.1, 0.15) is 0 Å². The van der Waals surface area contributed by atoms with Crippen LogP contribution in [0.1, 0.15) is 48.8 Å². The van der Waals surface area contributed by atoms with Gasteiger partial charge in [-0.1, -0.05) is 13.8 Å². The van der Waals surface area contributed by atoms with Crippen molar-refractivity contribution in [3.05, 3.63) is 29.6 Å². The van der Waals surface area contributed by atoms with Crippen LogP contribution in [0, 0.1) is 12.8 Å². The smallest absolute Gasteiger partial charge is 0.291 e. The molecular formula is C19H27N5O3. The molecule has 1 saturated heterocycles. The van der Waals surface area contributed by atoms with Crippen molar-refractivity contribution < 1.29 is 13.9 Å². The number of aromatic nitrogens is 3. The molecule has 2 aromatic heterocycles. The Morgan fingerprint density at radius 2 is 2.11 bits per heavy atom. The Kier molecular flexibility index (Phi) is 5.93. The van der Waals surface area contributed by atoms with E-state index in [1.54, 1.807) is 19.4 Å². The highest BCUT2D eigenvalue weighted by Crippen LogP contribution is 2.20. The number of methoxy groups -OCH3 is 1. The van der Waals surface area contributed by atoms with Crippen LogP contribution in [-0.2, 0) is 6.42 Å². The molecule has 0 bridgehead atoms. The zero-order valence-corrected chi connectivity index (χ0v) is 16.4. The van der Waals surface area contributed by atoms with Gasteiger partial charge in [-0.25, -0.2) is 9.97 Å². The molecule has 3 heterocycles. The van der Waals surface area contributed by atoms with Gasteiger partial charge >= 0.3 is 0 Å². The summed E-state index contributed by atoms with van der Waals surface area (Å²) in [6.07, 6.45) is 4.03. The number of nitrogens with zero attached hydrogens (tertiary/aromatic N) is 4. The van der Waals surface area contributed by atoms with Gasteiger partial charge in [-0.15, -0.1) is 0 Å². The average molecular weight is 373 g/mol. The molecule has 1 amide bonds. The van der Waals surface area contributed by atoms with Crippen LogP contribution < -0.4 is 10.1 Å². The van der Waals surface area contributed by atoms with Gasteiger partial charge in [0.15, 0.2) is 5.89 Å². The molecule has 8 heteroatoms. The van der Waals surface area contributed by atoms with Gasteiger partial charge in [-0.2, -0.15) is 4.98 Å². The first-order valence-electron chi connectivity index (χ1n) is 9.35. The first-order chi connectivity index (χ1) is 13.0. The lowest BCUT2D eigenvalue weighted by atomic mass is 10.0. The van der Waals surface area contributed by atoms with Crippen LogP contribution in [0.4, 0.5) is 5.95 Å². The molecule has 146 valence electrons. The van der Waals surface area contributed by atoms with Crippen LogP contribution in [0.3, 0.4) is 0 Å². The molecule has 0 aromatic carbocycles. The van der Waals surface area contributed by atoms with Crippen molar-refractivity contribution in [3.63, 3.8) is 0 Å². The fourth-order valence-electron chi connectivity index (χ4n) is 3.17. The lowest BCUT2D eigenvalue weighted by molar-refractivity contribution is 0.0683. The summed E-state index contributed by atoms with van der Waals surface area (Å²) in [4.78, 5) is 27.5. The Morgan fingerprint density at radius 1 is 1.37 bits per heavy atom. The molecule has 0 saturated carbocycles. The molecule has 0 aliphatic carbocycles. The van der Waals surface area contributed by atoms with E-state index in [1.807, 2.05) is 11.8 Å². The van der Waals surface area contributed by atoms with E-state index in [2.05, 4.69) is 34.1 Å². The number of piperidine rings is 1. The molecule has 0 radical (unpaired) electrons. The Bertz CT molecular complexity index is 781. The number of amides is 1. The molecule has 3 rings (SSSR count). The first kappa shape index (κ1) is 19.1. The van der Waals surface area contributed by atoms with E-state index in [9.17, 15) is 4.79 Å². The second kappa shape index (κ2) is 8.37. The van der Waals surface area contributed by atoms with Gasteiger partial charge in [0.05, 0.1) is 12.8 Å². The normalized spacial score (nSPS) is 15.2. The Hall–Kier alpha value is -2.64. The zero-order chi connectivity index (χ0) is 19.4. The molecule has 8 nitrogen and oxygen atoms in total. The van der Waals surface area contributed by atoms with Crippen molar-refractivity contribution in [2.75, 3.05) is 25.5 Å². The van der Waals surface area contributed by atoms with Crippen molar-refractivity contribution in [1.29, 1.82) is 0 Å². The first-order valence-corrected chi connectivity index (χ1v) is 9.35. The topological polar surface area (TPSA) is 93.4 Å². The largest absolute Gasteiger partial charge is 0.481 e. The summed E-state index contributed by atoms with van der Waals surface area (Å²) < 4.78 is 10.9. The number of anilines is 1. The predicted molar refractivity (Wildman–Crippen MR) is 101 cm³/mol. The van der Waals surface area contributed by atoms with Crippen molar-refractivity contribution in [2.24, 2.45) is 5.92 Å². The second-order valence-corrected chi connectivity index (χ2v) is 7.25. The number of hydrogen-bond donors (Lipinski definition) is 1. The van der Waals surface area contributed by atoms with Gasteiger partial charge in [0, 0.05) is 37.8 Å². The minimum Gasteiger partial charge on any atom is -0.481 e. The minimum atomic E-state index is -0.0777. The maximum Gasteiger partial charge on any atom is 0.291 e. The van der Waals surface area contributed by atoms with Gasteiger partial charge in [0.2, 0.25) is 17.6 Å².